The summed E-state index contributed by atoms with van der Waals surface area (Å²) >= 11 is 0. The van der Waals surface area contributed by atoms with Crippen LogP contribution >= 0.6 is 0 Å². The van der Waals surface area contributed by atoms with Gasteiger partial charge in [-0.1, -0.05) is 0 Å². The molecule has 0 radical (unpaired) electrons. The van der Waals surface area contributed by atoms with E-state index < -0.39 is 0 Å². The first kappa shape index (κ1) is 10.9. The molecule has 0 aliphatic carbocycles. The van der Waals surface area contributed by atoms with Gasteiger partial charge in [-0.2, -0.15) is 0 Å². The maximum atomic E-state index is 11.9. The average molecular weight is 213 g/mol. The Morgan fingerprint density at radius 3 is 2.93 bits per heavy atom. The lowest BCUT2D eigenvalue weighted by Gasteiger charge is -2.32. The van der Waals surface area contributed by atoms with Gasteiger partial charge < -0.3 is 9.47 Å². The number of rotatable bonds is 3. The summed E-state index contributed by atoms with van der Waals surface area (Å²) in [7, 11) is 3.20. The summed E-state index contributed by atoms with van der Waals surface area (Å²) in [6, 6.07) is 0.400. The molecular formula is C11H19NO3. The molecule has 0 spiro atoms. The van der Waals surface area contributed by atoms with Crippen LogP contribution in [0.25, 0.3) is 0 Å². The molecule has 2 aliphatic rings. The van der Waals surface area contributed by atoms with Crippen molar-refractivity contribution in [2.75, 3.05) is 27.4 Å². The molecule has 0 bridgehead atoms. The van der Waals surface area contributed by atoms with Crippen molar-refractivity contribution < 1.29 is 14.3 Å². The third kappa shape index (κ3) is 1.56. The molecule has 0 aromatic rings. The lowest BCUT2D eigenvalue weighted by molar-refractivity contribution is -0.152. The normalized spacial score (nSPS) is 35.5. The van der Waals surface area contributed by atoms with Gasteiger partial charge in [0.2, 0.25) is 0 Å². The van der Waals surface area contributed by atoms with Crippen LogP contribution in [0.1, 0.15) is 25.7 Å². The quantitative estimate of drug-likeness (QED) is 0.650. The Bertz CT molecular complexity index is 256. The fourth-order valence-electron chi connectivity index (χ4n) is 3.14. The first-order chi connectivity index (χ1) is 7.24. The van der Waals surface area contributed by atoms with Crippen LogP contribution in [0.15, 0.2) is 0 Å². The summed E-state index contributed by atoms with van der Waals surface area (Å²) in [4.78, 5) is 14.2. The second kappa shape index (κ2) is 4.10. The first-order valence-corrected chi connectivity index (χ1v) is 5.59. The van der Waals surface area contributed by atoms with Gasteiger partial charge >= 0.3 is 5.97 Å². The number of ether oxygens (including phenoxy) is 2. The van der Waals surface area contributed by atoms with E-state index in [1.165, 1.54) is 7.11 Å². The van der Waals surface area contributed by atoms with E-state index in [0.29, 0.717) is 6.04 Å². The monoisotopic (exact) mass is 213 g/mol. The van der Waals surface area contributed by atoms with Crippen LogP contribution in [0.2, 0.25) is 0 Å². The van der Waals surface area contributed by atoms with Gasteiger partial charge in [0.05, 0.1) is 13.7 Å². The molecule has 0 N–H and O–H groups in total. The van der Waals surface area contributed by atoms with Crippen LogP contribution in [0.3, 0.4) is 0 Å². The van der Waals surface area contributed by atoms with Gasteiger partial charge in [-0.25, -0.2) is 0 Å². The lowest BCUT2D eigenvalue weighted by Crippen LogP contribution is -2.50. The van der Waals surface area contributed by atoms with E-state index in [1.807, 2.05) is 0 Å². The van der Waals surface area contributed by atoms with Crippen LogP contribution < -0.4 is 0 Å². The third-order valence-corrected chi connectivity index (χ3v) is 3.80. The summed E-state index contributed by atoms with van der Waals surface area (Å²) in [5, 5.41) is 0. The zero-order chi connectivity index (χ0) is 10.9. The predicted octanol–water partition coefficient (Wildman–Crippen LogP) is 0.803. The Morgan fingerprint density at radius 1 is 1.47 bits per heavy atom. The molecule has 0 aromatic carbocycles. The third-order valence-electron chi connectivity index (χ3n) is 3.80. The molecule has 2 heterocycles. The summed E-state index contributed by atoms with van der Waals surface area (Å²) in [5.41, 5.74) is -0.321. The predicted molar refractivity (Wildman–Crippen MR) is 55.6 cm³/mol. The minimum absolute atomic E-state index is 0.0568. The van der Waals surface area contributed by atoms with Crippen molar-refractivity contribution in [2.24, 2.45) is 0 Å². The molecule has 4 nitrogen and oxygen atoms in total. The molecule has 0 unspecified atom stereocenters. The lowest BCUT2D eigenvalue weighted by atomic mass is 9.94. The van der Waals surface area contributed by atoms with Gasteiger partial charge in [0.25, 0.3) is 0 Å². The van der Waals surface area contributed by atoms with Crippen molar-refractivity contribution >= 4 is 5.97 Å². The van der Waals surface area contributed by atoms with E-state index in [-0.39, 0.29) is 11.5 Å². The van der Waals surface area contributed by atoms with Crippen molar-refractivity contribution in [2.45, 2.75) is 37.3 Å². The van der Waals surface area contributed by atoms with Crippen LogP contribution in [0.4, 0.5) is 0 Å². The maximum Gasteiger partial charge on any atom is 0.326 e. The van der Waals surface area contributed by atoms with E-state index in [1.54, 1.807) is 7.11 Å². The Morgan fingerprint density at radius 2 is 2.27 bits per heavy atom. The van der Waals surface area contributed by atoms with Crippen molar-refractivity contribution in [1.29, 1.82) is 0 Å². The van der Waals surface area contributed by atoms with Gasteiger partial charge in [0, 0.05) is 13.2 Å². The number of fused-ring (bicyclic) bond motifs is 1. The SMILES string of the molecule is COC[C@@H]1CC[C@@]2(C(=O)OC)CCCN12. The van der Waals surface area contributed by atoms with Crippen LogP contribution in [-0.4, -0.2) is 49.8 Å². The number of carbonyl (C=O) groups is 1. The van der Waals surface area contributed by atoms with E-state index in [9.17, 15) is 4.79 Å². The highest BCUT2D eigenvalue weighted by atomic mass is 16.5. The molecule has 2 fully saturated rings. The Labute approximate surface area is 90.5 Å². The van der Waals surface area contributed by atoms with E-state index in [2.05, 4.69) is 4.90 Å². The second-order valence-electron chi connectivity index (χ2n) is 4.47. The molecular weight excluding hydrogens is 194 g/mol. The molecule has 0 amide bonds. The van der Waals surface area contributed by atoms with Crippen molar-refractivity contribution in [3.63, 3.8) is 0 Å². The van der Waals surface area contributed by atoms with Gasteiger partial charge in [-0.05, 0) is 32.2 Å². The zero-order valence-corrected chi connectivity index (χ0v) is 9.49. The minimum atomic E-state index is -0.321. The van der Waals surface area contributed by atoms with Crippen molar-refractivity contribution in [3.05, 3.63) is 0 Å². The fraction of sp³-hybridized carbons (Fsp3) is 0.909. The van der Waals surface area contributed by atoms with Crippen LogP contribution in [0, 0.1) is 0 Å². The Hall–Kier alpha value is -0.610. The number of hydrogen-bond acceptors (Lipinski definition) is 4. The highest BCUT2D eigenvalue weighted by Crippen LogP contribution is 2.43. The smallest absolute Gasteiger partial charge is 0.326 e. The number of esters is 1. The Balaban J connectivity index is 2.15. The van der Waals surface area contributed by atoms with Crippen LogP contribution in [0.5, 0.6) is 0 Å². The molecule has 0 saturated carbocycles. The van der Waals surface area contributed by atoms with E-state index in [4.69, 9.17) is 9.47 Å². The van der Waals surface area contributed by atoms with Crippen molar-refractivity contribution in [1.82, 2.24) is 4.90 Å². The summed E-state index contributed by atoms with van der Waals surface area (Å²) in [5.74, 6) is -0.0568. The molecule has 0 aromatic heterocycles. The number of methoxy groups -OCH3 is 2. The largest absolute Gasteiger partial charge is 0.468 e. The van der Waals surface area contributed by atoms with Gasteiger partial charge in [0.1, 0.15) is 5.54 Å². The summed E-state index contributed by atoms with van der Waals surface area (Å²) in [6.45, 7) is 1.72. The van der Waals surface area contributed by atoms with E-state index >= 15 is 0 Å². The second-order valence-corrected chi connectivity index (χ2v) is 4.47. The topological polar surface area (TPSA) is 38.8 Å². The molecule has 15 heavy (non-hydrogen) atoms. The van der Waals surface area contributed by atoms with Crippen LogP contribution in [-0.2, 0) is 14.3 Å². The molecule has 86 valence electrons. The average Bonchev–Trinajstić information content (AvgIpc) is 2.79. The van der Waals surface area contributed by atoms with E-state index in [0.717, 1.165) is 38.8 Å². The fourth-order valence-corrected chi connectivity index (χ4v) is 3.14. The highest BCUT2D eigenvalue weighted by molar-refractivity contribution is 5.81. The Kier molecular flexibility index (Phi) is 2.98. The molecule has 2 aliphatic heterocycles. The molecule has 2 atom stereocenters. The molecule has 2 saturated heterocycles. The standard InChI is InChI=1S/C11H19NO3/c1-14-8-9-4-6-11(10(13)15-2)5-3-7-12(9)11/h9H,3-8H2,1-2H3/t9-,11+/m0/s1. The molecule has 2 rings (SSSR count). The van der Waals surface area contributed by atoms with Crippen molar-refractivity contribution in [3.8, 4) is 0 Å². The minimum Gasteiger partial charge on any atom is -0.468 e. The number of nitrogens with zero attached hydrogens (tertiary/aromatic N) is 1. The van der Waals surface area contributed by atoms with Gasteiger partial charge in [-0.15, -0.1) is 0 Å². The summed E-state index contributed by atoms with van der Waals surface area (Å²) < 4.78 is 10.1. The first-order valence-electron chi connectivity index (χ1n) is 5.59. The highest BCUT2D eigenvalue weighted by Gasteiger charge is 2.54. The maximum absolute atomic E-state index is 11.9. The number of hydrogen-bond donors (Lipinski definition) is 0. The zero-order valence-electron chi connectivity index (χ0n) is 9.49. The molecule has 4 heteroatoms. The number of carbonyl (C=O) groups excluding carboxylic acids is 1. The summed E-state index contributed by atoms with van der Waals surface area (Å²) in [6.07, 6.45) is 4.01. The van der Waals surface area contributed by atoms with Gasteiger partial charge in [-0.3, -0.25) is 9.69 Å². The van der Waals surface area contributed by atoms with Gasteiger partial charge in [0.15, 0.2) is 0 Å².